The van der Waals surface area contributed by atoms with Crippen molar-refractivity contribution in [1.82, 2.24) is 25.0 Å². The molecule has 27 heavy (non-hydrogen) atoms. The van der Waals surface area contributed by atoms with Crippen LogP contribution in [0.4, 0.5) is 0 Å². The van der Waals surface area contributed by atoms with Crippen molar-refractivity contribution >= 4 is 11.6 Å². The largest absolute Gasteiger partial charge is 0.309 e. The summed E-state index contributed by atoms with van der Waals surface area (Å²) in [6, 6.07) is 13.9. The molecule has 2 aromatic heterocycles. The Morgan fingerprint density at radius 1 is 1.00 bits per heavy atom. The summed E-state index contributed by atoms with van der Waals surface area (Å²) in [5, 5.41) is 8.16. The predicted molar refractivity (Wildman–Crippen MR) is 111 cm³/mol. The fraction of sp³-hybridized carbons (Fsp3) is 0.333. The van der Waals surface area contributed by atoms with Gasteiger partial charge >= 0.3 is 0 Å². The van der Waals surface area contributed by atoms with E-state index in [9.17, 15) is 0 Å². The molecule has 0 aliphatic rings. The van der Waals surface area contributed by atoms with E-state index in [1.165, 1.54) is 5.56 Å². The molecule has 3 rings (SSSR count). The van der Waals surface area contributed by atoms with Crippen LogP contribution in [0.3, 0.4) is 0 Å². The highest BCUT2D eigenvalue weighted by Crippen LogP contribution is 2.24. The van der Waals surface area contributed by atoms with Crippen molar-refractivity contribution in [3.8, 4) is 11.3 Å². The Morgan fingerprint density at radius 3 is 2.52 bits per heavy atom. The lowest BCUT2D eigenvalue weighted by Crippen LogP contribution is -2.27. The van der Waals surface area contributed by atoms with E-state index in [0.717, 1.165) is 54.6 Å². The SMILES string of the molecule is CN(C)CCCN(Cc1ccccn1)Cc1cn[nH]c1-c1ccc(Cl)cc1. The van der Waals surface area contributed by atoms with E-state index in [4.69, 9.17) is 11.6 Å². The molecule has 0 atom stereocenters. The maximum absolute atomic E-state index is 6.03. The second-order valence-corrected chi connectivity index (χ2v) is 7.40. The van der Waals surface area contributed by atoms with Gasteiger partial charge in [-0.05, 0) is 56.9 Å². The Bertz CT molecular complexity index is 814. The fourth-order valence-electron chi connectivity index (χ4n) is 3.08. The van der Waals surface area contributed by atoms with Crippen molar-refractivity contribution in [2.45, 2.75) is 19.5 Å². The Morgan fingerprint density at radius 2 is 1.81 bits per heavy atom. The molecule has 0 unspecified atom stereocenters. The summed E-state index contributed by atoms with van der Waals surface area (Å²) in [6.45, 7) is 3.70. The van der Waals surface area contributed by atoms with Crippen LogP contribution in [0.1, 0.15) is 17.7 Å². The molecule has 0 aliphatic carbocycles. The minimum atomic E-state index is 0.736. The first-order valence-electron chi connectivity index (χ1n) is 9.17. The molecule has 1 aromatic carbocycles. The van der Waals surface area contributed by atoms with Gasteiger partial charge in [-0.15, -0.1) is 0 Å². The lowest BCUT2D eigenvalue weighted by atomic mass is 10.1. The van der Waals surface area contributed by atoms with Crippen LogP contribution in [0.5, 0.6) is 0 Å². The van der Waals surface area contributed by atoms with Crippen LogP contribution in [-0.4, -0.2) is 52.2 Å². The standard InChI is InChI=1S/C21H26ClN5/c1-26(2)12-5-13-27(16-20-6-3-4-11-23-20)15-18-14-24-25-21(18)17-7-9-19(22)10-8-17/h3-4,6-11,14H,5,12-13,15-16H2,1-2H3,(H,24,25). The molecule has 0 spiro atoms. The van der Waals surface area contributed by atoms with Gasteiger partial charge in [-0.1, -0.05) is 29.8 Å². The van der Waals surface area contributed by atoms with E-state index in [2.05, 4.69) is 45.1 Å². The van der Waals surface area contributed by atoms with Crippen molar-refractivity contribution in [2.75, 3.05) is 27.2 Å². The number of hydrogen-bond acceptors (Lipinski definition) is 4. The van der Waals surface area contributed by atoms with E-state index >= 15 is 0 Å². The number of hydrogen-bond donors (Lipinski definition) is 1. The number of rotatable bonds is 9. The third-order valence-corrected chi connectivity index (χ3v) is 4.69. The molecule has 1 N–H and O–H groups in total. The normalized spacial score (nSPS) is 11.4. The number of halogens is 1. The van der Waals surface area contributed by atoms with Gasteiger partial charge in [0.05, 0.1) is 17.6 Å². The first kappa shape index (κ1) is 19.5. The second-order valence-electron chi connectivity index (χ2n) is 6.97. The molecular formula is C21H26ClN5. The van der Waals surface area contributed by atoms with Crippen LogP contribution in [0.15, 0.2) is 54.9 Å². The number of aromatic amines is 1. The average Bonchev–Trinajstić information content (AvgIpc) is 3.11. The maximum Gasteiger partial charge on any atom is 0.0695 e. The van der Waals surface area contributed by atoms with Crippen molar-refractivity contribution in [1.29, 1.82) is 0 Å². The molecule has 0 radical (unpaired) electrons. The van der Waals surface area contributed by atoms with Crippen LogP contribution in [-0.2, 0) is 13.1 Å². The Labute approximate surface area is 166 Å². The molecule has 0 fully saturated rings. The quantitative estimate of drug-likeness (QED) is 0.604. The molecule has 142 valence electrons. The summed E-state index contributed by atoms with van der Waals surface area (Å²) in [4.78, 5) is 9.14. The van der Waals surface area contributed by atoms with E-state index in [0.29, 0.717) is 0 Å². The van der Waals surface area contributed by atoms with E-state index in [1.807, 2.05) is 48.8 Å². The number of aromatic nitrogens is 3. The number of H-pyrrole nitrogens is 1. The summed E-state index contributed by atoms with van der Waals surface area (Å²) in [5.74, 6) is 0. The molecule has 0 aliphatic heterocycles. The summed E-state index contributed by atoms with van der Waals surface area (Å²) in [6.07, 6.45) is 4.87. The van der Waals surface area contributed by atoms with Crippen LogP contribution < -0.4 is 0 Å². The van der Waals surface area contributed by atoms with Gasteiger partial charge in [0.1, 0.15) is 0 Å². The van der Waals surface area contributed by atoms with Crippen LogP contribution in [0.2, 0.25) is 5.02 Å². The molecule has 0 bridgehead atoms. The zero-order valence-electron chi connectivity index (χ0n) is 15.9. The highest BCUT2D eigenvalue weighted by atomic mass is 35.5. The minimum Gasteiger partial charge on any atom is -0.309 e. The Kier molecular flexibility index (Phi) is 6.98. The van der Waals surface area contributed by atoms with Crippen molar-refractivity contribution in [2.24, 2.45) is 0 Å². The highest BCUT2D eigenvalue weighted by Gasteiger charge is 2.14. The smallest absolute Gasteiger partial charge is 0.0695 e. The molecule has 0 saturated heterocycles. The number of benzene rings is 1. The summed E-state index contributed by atoms with van der Waals surface area (Å²) < 4.78 is 0. The average molecular weight is 384 g/mol. The zero-order chi connectivity index (χ0) is 19.1. The third kappa shape index (κ3) is 5.89. The molecule has 0 amide bonds. The number of nitrogens with zero attached hydrogens (tertiary/aromatic N) is 4. The topological polar surface area (TPSA) is 48.1 Å². The van der Waals surface area contributed by atoms with Gasteiger partial charge in [0, 0.05) is 36.4 Å². The predicted octanol–water partition coefficient (Wildman–Crippen LogP) is 4.08. The first-order chi connectivity index (χ1) is 13.1. The Balaban J connectivity index is 1.75. The van der Waals surface area contributed by atoms with Gasteiger partial charge < -0.3 is 4.90 Å². The number of pyridine rings is 1. The lowest BCUT2D eigenvalue weighted by molar-refractivity contribution is 0.237. The van der Waals surface area contributed by atoms with Gasteiger partial charge in [-0.2, -0.15) is 5.10 Å². The van der Waals surface area contributed by atoms with E-state index < -0.39 is 0 Å². The lowest BCUT2D eigenvalue weighted by Gasteiger charge is -2.23. The number of nitrogens with one attached hydrogen (secondary N) is 1. The molecule has 6 heteroatoms. The van der Waals surface area contributed by atoms with Crippen LogP contribution in [0.25, 0.3) is 11.3 Å². The van der Waals surface area contributed by atoms with Gasteiger partial charge in [-0.3, -0.25) is 15.0 Å². The van der Waals surface area contributed by atoms with Crippen molar-refractivity contribution in [3.63, 3.8) is 0 Å². The van der Waals surface area contributed by atoms with Crippen LogP contribution >= 0.6 is 11.6 Å². The maximum atomic E-state index is 6.03. The van der Waals surface area contributed by atoms with E-state index in [-0.39, 0.29) is 0 Å². The third-order valence-electron chi connectivity index (χ3n) is 4.44. The molecule has 5 nitrogen and oxygen atoms in total. The van der Waals surface area contributed by atoms with Crippen LogP contribution in [0, 0.1) is 0 Å². The Hall–Kier alpha value is -2.21. The van der Waals surface area contributed by atoms with Crippen molar-refractivity contribution in [3.05, 3.63) is 71.1 Å². The van der Waals surface area contributed by atoms with Gasteiger partial charge in [0.2, 0.25) is 0 Å². The van der Waals surface area contributed by atoms with Gasteiger partial charge in [-0.25, -0.2) is 0 Å². The molecular weight excluding hydrogens is 358 g/mol. The molecule has 0 saturated carbocycles. The van der Waals surface area contributed by atoms with E-state index in [1.54, 1.807) is 0 Å². The van der Waals surface area contributed by atoms with Crippen molar-refractivity contribution < 1.29 is 0 Å². The summed E-state index contributed by atoms with van der Waals surface area (Å²) in [5.41, 5.74) is 4.40. The second kappa shape index (κ2) is 9.65. The highest BCUT2D eigenvalue weighted by molar-refractivity contribution is 6.30. The van der Waals surface area contributed by atoms with Gasteiger partial charge in [0.15, 0.2) is 0 Å². The minimum absolute atomic E-state index is 0.736. The fourth-order valence-corrected chi connectivity index (χ4v) is 3.21. The van der Waals surface area contributed by atoms with Gasteiger partial charge in [0.25, 0.3) is 0 Å². The molecule has 3 aromatic rings. The molecule has 2 heterocycles. The monoisotopic (exact) mass is 383 g/mol. The first-order valence-corrected chi connectivity index (χ1v) is 9.55. The zero-order valence-corrected chi connectivity index (χ0v) is 16.7. The summed E-state index contributed by atoms with van der Waals surface area (Å²) in [7, 11) is 4.22. The summed E-state index contributed by atoms with van der Waals surface area (Å²) >= 11 is 6.03.